The molecular formula is C15H25N3O. The summed E-state index contributed by atoms with van der Waals surface area (Å²) in [7, 11) is 0. The molecular weight excluding hydrogens is 238 g/mol. The largest absolute Gasteiger partial charge is 0.388 e. The lowest BCUT2D eigenvalue weighted by Crippen LogP contribution is -2.47. The lowest BCUT2D eigenvalue weighted by Gasteiger charge is -2.38. The second-order valence-electron chi connectivity index (χ2n) is 5.72. The third kappa shape index (κ3) is 3.45. The van der Waals surface area contributed by atoms with Crippen LogP contribution in [0.1, 0.15) is 45.2 Å². The molecule has 1 aliphatic rings. The number of aliphatic hydroxyl groups is 1. The van der Waals surface area contributed by atoms with Crippen LogP contribution < -0.4 is 10.2 Å². The number of anilines is 1. The van der Waals surface area contributed by atoms with E-state index in [1.54, 1.807) is 0 Å². The Morgan fingerprint density at radius 1 is 1.58 bits per heavy atom. The summed E-state index contributed by atoms with van der Waals surface area (Å²) in [6.45, 7) is 8.75. The molecule has 1 aromatic rings. The van der Waals surface area contributed by atoms with E-state index in [-0.39, 0.29) is 6.04 Å². The van der Waals surface area contributed by atoms with Gasteiger partial charge in [0.1, 0.15) is 5.82 Å². The van der Waals surface area contributed by atoms with E-state index in [0.717, 1.165) is 31.7 Å². The molecule has 1 fully saturated rings. The Balaban J connectivity index is 2.24. The van der Waals surface area contributed by atoms with E-state index < -0.39 is 5.60 Å². The first-order valence-electron chi connectivity index (χ1n) is 7.19. The van der Waals surface area contributed by atoms with Crippen molar-refractivity contribution in [3.05, 3.63) is 23.9 Å². The van der Waals surface area contributed by atoms with Crippen LogP contribution in [0.3, 0.4) is 0 Å². The third-order valence-corrected chi connectivity index (χ3v) is 3.77. The topological polar surface area (TPSA) is 48.4 Å². The number of pyridine rings is 1. The molecule has 4 heteroatoms. The molecule has 4 nitrogen and oxygen atoms in total. The van der Waals surface area contributed by atoms with Crippen molar-refractivity contribution in [2.24, 2.45) is 0 Å². The van der Waals surface area contributed by atoms with Crippen LogP contribution in [0.2, 0.25) is 0 Å². The highest BCUT2D eigenvalue weighted by atomic mass is 16.3. The molecule has 0 bridgehead atoms. The molecule has 2 N–H and O–H groups in total. The van der Waals surface area contributed by atoms with Gasteiger partial charge in [-0.15, -0.1) is 0 Å². The monoisotopic (exact) mass is 263 g/mol. The van der Waals surface area contributed by atoms with Crippen molar-refractivity contribution >= 4 is 5.82 Å². The highest BCUT2D eigenvalue weighted by Crippen LogP contribution is 2.29. The molecule has 2 unspecified atom stereocenters. The molecule has 0 aliphatic carbocycles. The van der Waals surface area contributed by atoms with Crippen LogP contribution in [0.5, 0.6) is 0 Å². The summed E-state index contributed by atoms with van der Waals surface area (Å²) in [6, 6.07) is 4.38. The Morgan fingerprint density at radius 3 is 3.05 bits per heavy atom. The van der Waals surface area contributed by atoms with E-state index in [1.165, 1.54) is 5.56 Å². The Labute approximate surface area is 115 Å². The number of rotatable bonds is 4. The number of hydrogen-bond donors (Lipinski definition) is 2. The summed E-state index contributed by atoms with van der Waals surface area (Å²) in [5, 5.41) is 13.7. The summed E-state index contributed by atoms with van der Waals surface area (Å²) in [5.41, 5.74) is 0.608. The molecule has 19 heavy (non-hydrogen) atoms. The first-order chi connectivity index (χ1) is 9.03. The van der Waals surface area contributed by atoms with Gasteiger partial charge in [0.25, 0.3) is 0 Å². The summed E-state index contributed by atoms with van der Waals surface area (Å²) < 4.78 is 0. The van der Waals surface area contributed by atoms with Gasteiger partial charge in [-0.3, -0.25) is 0 Å². The number of hydrogen-bond acceptors (Lipinski definition) is 4. The smallest absolute Gasteiger partial charge is 0.133 e. The van der Waals surface area contributed by atoms with Gasteiger partial charge >= 0.3 is 0 Å². The van der Waals surface area contributed by atoms with Crippen molar-refractivity contribution in [2.45, 2.75) is 45.3 Å². The van der Waals surface area contributed by atoms with Crippen molar-refractivity contribution in [2.75, 3.05) is 24.5 Å². The number of aromatic nitrogens is 1. The SMILES string of the molecule is CCNC(C)c1cccnc1N1CCCC(C)(O)C1. The van der Waals surface area contributed by atoms with Crippen molar-refractivity contribution in [3.8, 4) is 0 Å². The fourth-order valence-electron chi connectivity index (χ4n) is 2.83. The van der Waals surface area contributed by atoms with Crippen LogP contribution in [-0.4, -0.2) is 35.3 Å². The van der Waals surface area contributed by atoms with Crippen molar-refractivity contribution in [1.29, 1.82) is 0 Å². The second-order valence-corrected chi connectivity index (χ2v) is 5.72. The Hall–Kier alpha value is -1.13. The van der Waals surface area contributed by atoms with Gasteiger partial charge in [0.15, 0.2) is 0 Å². The molecule has 0 radical (unpaired) electrons. The van der Waals surface area contributed by atoms with Crippen LogP contribution in [0.4, 0.5) is 5.82 Å². The molecule has 2 rings (SSSR count). The van der Waals surface area contributed by atoms with E-state index >= 15 is 0 Å². The normalized spacial score (nSPS) is 25.4. The van der Waals surface area contributed by atoms with Gasteiger partial charge in [-0.1, -0.05) is 13.0 Å². The summed E-state index contributed by atoms with van der Waals surface area (Å²) in [6.07, 6.45) is 3.72. The standard InChI is InChI=1S/C15H25N3O/c1-4-16-12(2)13-7-5-9-17-14(13)18-10-6-8-15(3,19)11-18/h5,7,9,12,16,19H,4,6,8,10-11H2,1-3H3. The number of nitrogens with zero attached hydrogens (tertiary/aromatic N) is 2. The lowest BCUT2D eigenvalue weighted by atomic mass is 9.94. The molecule has 1 aromatic heterocycles. The molecule has 1 saturated heterocycles. The van der Waals surface area contributed by atoms with E-state index in [1.807, 2.05) is 19.2 Å². The van der Waals surface area contributed by atoms with Crippen LogP contribution >= 0.6 is 0 Å². The van der Waals surface area contributed by atoms with Crippen molar-refractivity contribution in [1.82, 2.24) is 10.3 Å². The number of piperidine rings is 1. The minimum Gasteiger partial charge on any atom is -0.388 e. The van der Waals surface area contributed by atoms with E-state index in [0.29, 0.717) is 6.54 Å². The van der Waals surface area contributed by atoms with Gasteiger partial charge in [0.05, 0.1) is 5.60 Å². The third-order valence-electron chi connectivity index (χ3n) is 3.77. The minimum atomic E-state index is -0.603. The van der Waals surface area contributed by atoms with Gasteiger partial charge < -0.3 is 15.3 Å². The predicted molar refractivity (Wildman–Crippen MR) is 78.4 cm³/mol. The molecule has 2 heterocycles. The second kappa shape index (κ2) is 5.88. The Morgan fingerprint density at radius 2 is 2.37 bits per heavy atom. The van der Waals surface area contributed by atoms with Gasteiger partial charge in [0, 0.05) is 30.9 Å². The number of β-amino-alcohol motifs (C(OH)–C–C–N with tert-alkyl or cyclic N) is 1. The highest BCUT2D eigenvalue weighted by Gasteiger charge is 2.30. The summed E-state index contributed by atoms with van der Waals surface area (Å²) in [5.74, 6) is 1.01. The van der Waals surface area contributed by atoms with Gasteiger partial charge in [0.2, 0.25) is 0 Å². The lowest BCUT2D eigenvalue weighted by molar-refractivity contribution is 0.0446. The van der Waals surface area contributed by atoms with Gasteiger partial charge in [-0.05, 0) is 39.3 Å². The molecule has 0 spiro atoms. The maximum atomic E-state index is 10.3. The molecule has 0 amide bonds. The Bertz CT molecular complexity index is 420. The molecule has 2 atom stereocenters. The molecule has 0 saturated carbocycles. The summed E-state index contributed by atoms with van der Waals surface area (Å²) >= 11 is 0. The van der Waals surface area contributed by atoms with Crippen LogP contribution in [0.15, 0.2) is 18.3 Å². The van der Waals surface area contributed by atoms with Crippen LogP contribution in [0.25, 0.3) is 0 Å². The quantitative estimate of drug-likeness (QED) is 0.873. The zero-order valence-electron chi connectivity index (χ0n) is 12.2. The molecule has 0 aromatic carbocycles. The highest BCUT2D eigenvalue weighted by molar-refractivity contribution is 5.49. The average Bonchev–Trinajstić information content (AvgIpc) is 2.38. The van der Waals surface area contributed by atoms with Gasteiger partial charge in [-0.25, -0.2) is 4.98 Å². The van der Waals surface area contributed by atoms with E-state index in [9.17, 15) is 5.11 Å². The Kier molecular flexibility index (Phi) is 4.42. The fraction of sp³-hybridized carbons (Fsp3) is 0.667. The summed E-state index contributed by atoms with van der Waals surface area (Å²) in [4.78, 5) is 6.76. The van der Waals surface area contributed by atoms with Crippen molar-refractivity contribution in [3.63, 3.8) is 0 Å². The van der Waals surface area contributed by atoms with Crippen molar-refractivity contribution < 1.29 is 5.11 Å². The first-order valence-corrected chi connectivity index (χ1v) is 7.19. The first kappa shape index (κ1) is 14.3. The fourth-order valence-corrected chi connectivity index (χ4v) is 2.83. The average molecular weight is 263 g/mol. The number of nitrogens with one attached hydrogen (secondary N) is 1. The van der Waals surface area contributed by atoms with Crippen LogP contribution in [0, 0.1) is 0 Å². The maximum Gasteiger partial charge on any atom is 0.133 e. The molecule has 106 valence electrons. The molecule has 1 aliphatic heterocycles. The minimum absolute atomic E-state index is 0.278. The van der Waals surface area contributed by atoms with E-state index in [4.69, 9.17) is 0 Å². The van der Waals surface area contributed by atoms with E-state index in [2.05, 4.69) is 35.1 Å². The zero-order chi connectivity index (χ0) is 13.9. The van der Waals surface area contributed by atoms with Gasteiger partial charge in [-0.2, -0.15) is 0 Å². The zero-order valence-corrected chi connectivity index (χ0v) is 12.2. The maximum absolute atomic E-state index is 10.3. The van der Waals surface area contributed by atoms with Crippen LogP contribution in [-0.2, 0) is 0 Å². The predicted octanol–water partition coefficient (Wildman–Crippen LogP) is 2.10.